The lowest BCUT2D eigenvalue weighted by molar-refractivity contribution is -0.121. The number of hydrogen-bond donors (Lipinski definition) is 1. The molecule has 1 amide bonds. The van der Waals surface area contributed by atoms with Gasteiger partial charge >= 0.3 is 0 Å². The third kappa shape index (κ3) is 2.31. The van der Waals surface area contributed by atoms with Crippen molar-refractivity contribution in [2.75, 3.05) is 0 Å². The molecule has 0 spiro atoms. The van der Waals surface area contributed by atoms with Crippen LogP contribution in [0.3, 0.4) is 0 Å². The number of carbonyl (C=O) groups is 1. The molecule has 6 heteroatoms. The maximum Gasteiger partial charge on any atom is 0.268 e. The lowest BCUT2D eigenvalue weighted by atomic mass is 10.2. The van der Waals surface area contributed by atoms with Crippen LogP contribution in [0.15, 0.2) is 17.1 Å². The first-order valence-electron chi connectivity index (χ1n) is 4.10. The molecule has 2 N–H and O–H groups in total. The summed E-state index contributed by atoms with van der Waals surface area (Å²) in [4.78, 5) is 22.4. The van der Waals surface area contributed by atoms with Crippen LogP contribution in [-0.4, -0.2) is 15.7 Å². The fraction of sp³-hybridized carbons (Fsp3) is 0.375. The van der Waals surface area contributed by atoms with Crippen molar-refractivity contribution >= 4 is 28.5 Å². The van der Waals surface area contributed by atoms with Gasteiger partial charge in [-0.25, -0.2) is 4.68 Å². The molecule has 1 atom stereocenters. The van der Waals surface area contributed by atoms with E-state index in [4.69, 9.17) is 5.73 Å². The van der Waals surface area contributed by atoms with Gasteiger partial charge in [-0.1, -0.05) is 6.92 Å². The molecular weight excluding hydrogens is 297 g/mol. The largest absolute Gasteiger partial charge is 0.368 e. The Morgan fingerprint density at radius 3 is 2.86 bits per heavy atom. The topological polar surface area (TPSA) is 78.0 Å². The molecule has 0 aliphatic rings. The lowest BCUT2D eigenvalue weighted by Gasteiger charge is -2.12. The van der Waals surface area contributed by atoms with Crippen LogP contribution in [0.2, 0.25) is 0 Å². The van der Waals surface area contributed by atoms with Gasteiger partial charge < -0.3 is 5.73 Å². The summed E-state index contributed by atoms with van der Waals surface area (Å²) in [5, 5.41) is 3.87. The van der Waals surface area contributed by atoms with E-state index in [-0.39, 0.29) is 5.56 Å². The first-order valence-corrected chi connectivity index (χ1v) is 5.17. The zero-order chi connectivity index (χ0) is 10.7. The summed E-state index contributed by atoms with van der Waals surface area (Å²) in [6.07, 6.45) is 1.98. The van der Waals surface area contributed by atoms with Gasteiger partial charge in [-0.2, -0.15) is 5.10 Å². The van der Waals surface area contributed by atoms with Gasteiger partial charge in [0.1, 0.15) is 6.04 Å². The molecule has 5 nitrogen and oxygen atoms in total. The number of nitrogens with two attached hydrogens (primary N) is 1. The summed E-state index contributed by atoms with van der Waals surface area (Å²) in [5.74, 6) is -0.539. The summed E-state index contributed by atoms with van der Waals surface area (Å²) < 4.78 is 1.85. The number of nitrogens with zero attached hydrogens (tertiary/aromatic N) is 2. The average molecular weight is 307 g/mol. The van der Waals surface area contributed by atoms with Crippen LogP contribution in [-0.2, 0) is 4.79 Å². The first kappa shape index (κ1) is 11.2. The first-order chi connectivity index (χ1) is 6.56. The smallest absolute Gasteiger partial charge is 0.268 e. The lowest BCUT2D eigenvalue weighted by Crippen LogP contribution is -2.34. The highest BCUT2D eigenvalue weighted by Gasteiger charge is 2.17. The van der Waals surface area contributed by atoms with Gasteiger partial charge in [0, 0.05) is 9.64 Å². The summed E-state index contributed by atoms with van der Waals surface area (Å²) in [5.41, 5.74) is 4.84. The highest BCUT2D eigenvalue weighted by atomic mass is 127. The number of carbonyl (C=O) groups excluding carboxylic acids is 1. The summed E-state index contributed by atoms with van der Waals surface area (Å²) in [6, 6.07) is 0.763. The summed E-state index contributed by atoms with van der Waals surface area (Å²) >= 11 is 1.98. The van der Waals surface area contributed by atoms with Crippen molar-refractivity contribution in [1.82, 2.24) is 9.78 Å². The Morgan fingerprint density at radius 2 is 2.43 bits per heavy atom. The van der Waals surface area contributed by atoms with E-state index in [1.54, 1.807) is 6.92 Å². The van der Waals surface area contributed by atoms with Gasteiger partial charge in [0.05, 0.1) is 6.20 Å². The second-order valence-electron chi connectivity index (χ2n) is 2.78. The average Bonchev–Trinajstić information content (AvgIpc) is 2.09. The van der Waals surface area contributed by atoms with Gasteiger partial charge in [-0.3, -0.25) is 9.59 Å². The second-order valence-corrected chi connectivity index (χ2v) is 4.03. The third-order valence-electron chi connectivity index (χ3n) is 1.80. The van der Waals surface area contributed by atoms with E-state index in [0.717, 1.165) is 8.25 Å². The third-order valence-corrected chi connectivity index (χ3v) is 2.39. The zero-order valence-corrected chi connectivity index (χ0v) is 9.76. The van der Waals surface area contributed by atoms with E-state index < -0.39 is 11.9 Å². The van der Waals surface area contributed by atoms with Crippen LogP contribution in [0, 0.1) is 3.57 Å². The Kier molecular flexibility index (Phi) is 3.62. The summed E-state index contributed by atoms with van der Waals surface area (Å²) in [7, 11) is 0. The molecule has 0 saturated carbocycles. The van der Waals surface area contributed by atoms with Crippen LogP contribution >= 0.6 is 22.6 Å². The van der Waals surface area contributed by atoms with E-state index >= 15 is 0 Å². The van der Waals surface area contributed by atoms with Crippen LogP contribution in [0.4, 0.5) is 0 Å². The molecule has 14 heavy (non-hydrogen) atoms. The van der Waals surface area contributed by atoms with Crippen molar-refractivity contribution < 1.29 is 4.79 Å². The number of halogens is 1. The molecule has 1 aromatic rings. The number of primary amides is 1. The maximum atomic E-state index is 11.4. The van der Waals surface area contributed by atoms with Gasteiger partial charge in [0.15, 0.2) is 0 Å². The van der Waals surface area contributed by atoms with E-state index in [1.165, 1.54) is 12.3 Å². The Labute approximate surface area is 94.4 Å². The fourth-order valence-electron chi connectivity index (χ4n) is 1.12. The highest BCUT2D eigenvalue weighted by molar-refractivity contribution is 14.1. The van der Waals surface area contributed by atoms with Gasteiger partial charge in [0.2, 0.25) is 5.91 Å². The normalized spacial score (nSPS) is 12.4. The van der Waals surface area contributed by atoms with Gasteiger partial charge in [0.25, 0.3) is 5.56 Å². The Balaban J connectivity index is 3.18. The molecule has 0 radical (unpaired) electrons. The van der Waals surface area contributed by atoms with Crippen LogP contribution in [0.25, 0.3) is 0 Å². The molecular formula is C8H10IN3O2. The van der Waals surface area contributed by atoms with Crippen molar-refractivity contribution in [2.24, 2.45) is 5.73 Å². The number of amides is 1. The van der Waals surface area contributed by atoms with Crippen molar-refractivity contribution in [3.05, 3.63) is 26.2 Å². The quantitative estimate of drug-likeness (QED) is 0.815. The van der Waals surface area contributed by atoms with Crippen molar-refractivity contribution in [1.29, 1.82) is 0 Å². The predicted molar refractivity (Wildman–Crippen MR) is 59.7 cm³/mol. The predicted octanol–water partition coefficient (Wildman–Crippen LogP) is 0.284. The van der Waals surface area contributed by atoms with E-state index in [2.05, 4.69) is 5.10 Å². The van der Waals surface area contributed by atoms with E-state index in [9.17, 15) is 9.59 Å². The Morgan fingerprint density at radius 1 is 1.79 bits per heavy atom. The van der Waals surface area contributed by atoms with Crippen LogP contribution in [0.1, 0.15) is 19.4 Å². The van der Waals surface area contributed by atoms with Crippen molar-refractivity contribution in [2.45, 2.75) is 19.4 Å². The van der Waals surface area contributed by atoms with Crippen LogP contribution < -0.4 is 11.3 Å². The Hall–Kier alpha value is -0.920. The van der Waals surface area contributed by atoms with Crippen molar-refractivity contribution in [3.8, 4) is 0 Å². The van der Waals surface area contributed by atoms with E-state index in [1.807, 2.05) is 22.6 Å². The second kappa shape index (κ2) is 4.54. The maximum absolute atomic E-state index is 11.4. The van der Waals surface area contributed by atoms with Crippen molar-refractivity contribution in [3.63, 3.8) is 0 Å². The molecule has 0 fully saturated rings. The molecule has 0 aromatic carbocycles. The fourth-order valence-corrected chi connectivity index (χ4v) is 1.52. The minimum absolute atomic E-state index is 0.303. The number of hydrogen-bond acceptors (Lipinski definition) is 3. The zero-order valence-electron chi connectivity index (χ0n) is 7.61. The summed E-state index contributed by atoms with van der Waals surface area (Å²) in [6.45, 7) is 1.78. The van der Waals surface area contributed by atoms with Gasteiger partial charge in [-0.15, -0.1) is 0 Å². The Bertz CT molecular complexity index is 402. The molecule has 0 aliphatic heterocycles. The van der Waals surface area contributed by atoms with E-state index in [0.29, 0.717) is 6.42 Å². The molecule has 1 rings (SSSR count). The number of aromatic nitrogens is 2. The SMILES string of the molecule is CCC(C(N)=O)n1ncc(I)cc1=O. The molecule has 1 aromatic heterocycles. The number of rotatable bonds is 3. The molecule has 76 valence electrons. The minimum Gasteiger partial charge on any atom is -0.368 e. The van der Waals surface area contributed by atoms with Gasteiger partial charge in [-0.05, 0) is 29.0 Å². The monoisotopic (exact) mass is 307 g/mol. The van der Waals surface area contributed by atoms with Crippen LogP contribution in [0.5, 0.6) is 0 Å². The standard InChI is InChI=1S/C8H10IN3O2/c1-2-6(8(10)14)12-7(13)3-5(9)4-11-12/h3-4,6H,2H2,1H3,(H2,10,14). The molecule has 1 heterocycles. The molecule has 0 aliphatic carbocycles. The highest BCUT2D eigenvalue weighted by Crippen LogP contribution is 2.06. The minimum atomic E-state index is -0.653. The molecule has 0 bridgehead atoms. The molecule has 0 saturated heterocycles. The molecule has 1 unspecified atom stereocenters.